The van der Waals surface area contributed by atoms with Crippen LogP contribution in [0.15, 0.2) is 176 Å². The van der Waals surface area contributed by atoms with Crippen LogP contribution >= 0.6 is 11.3 Å². The van der Waals surface area contributed by atoms with Gasteiger partial charge in [-0.1, -0.05) is 121 Å². The topological polar surface area (TPSA) is 22.1 Å². The summed E-state index contributed by atoms with van der Waals surface area (Å²) in [6, 6.07) is 54.7. The van der Waals surface area contributed by atoms with Gasteiger partial charge in [0, 0.05) is 21.9 Å². The number of ether oxygens (including phenoxy) is 1. The number of fused-ring (bicyclic) bond motifs is 9. The van der Waals surface area contributed by atoms with Crippen molar-refractivity contribution in [3.8, 4) is 60.3 Å². The summed E-state index contributed by atoms with van der Waals surface area (Å²) in [6.07, 6.45) is 7.53. The van der Waals surface area contributed by atoms with Crippen molar-refractivity contribution in [1.82, 2.24) is 4.98 Å². The van der Waals surface area contributed by atoms with Crippen molar-refractivity contribution in [2.45, 2.75) is 11.8 Å². The Hall–Kier alpha value is -5.77. The second kappa shape index (κ2) is 11.2. The quantitative estimate of drug-likeness (QED) is 0.190. The molecule has 2 nitrogen and oxygen atoms in total. The van der Waals surface area contributed by atoms with Gasteiger partial charge in [-0.3, -0.25) is 0 Å². The van der Waals surface area contributed by atoms with E-state index in [9.17, 15) is 0 Å². The van der Waals surface area contributed by atoms with E-state index in [1.165, 1.54) is 43.8 Å². The van der Waals surface area contributed by atoms with Gasteiger partial charge in [0.25, 0.3) is 0 Å². The summed E-state index contributed by atoms with van der Waals surface area (Å²) < 4.78 is 6.73. The first-order valence-electron chi connectivity index (χ1n) is 16.9. The molecule has 1 spiro atoms. The minimum Gasteiger partial charge on any atom is -0.461 e. The van der Waals surface area contributed by atoms with Crippen LogP contribution in [0, 0.1) is 5.92 Å². The van der Waals surface area contributed by atoms with Crippen molar-refractivity contribution in [2.24, 2.45) is 5.92 Å². The van der Waals surface area contributed by atoms with Crippen molar-refractivity contribution in [2.75, 3.05) is 0 Å². The number of pyridine rings is 1. The predicted octanol–water partition coefficient (Wildman–Crippen LogP) is 12.0. The Balaban J connectivity index is 1.13. The van der Waals surface area contributed by atoms with Gasteiger partial charge in [-0.2, -0.15) is 0 Å². The van der Waals surface area contributed by atoms with E-state index < -0.39 is 0 Å². The van der Waals surface area contributed by atoms with Crippen molar-refractivity contribution in [1.29, 1.82) is 0 Å². The standard InChI is InChI=1S/C46H31NOS/c1-3-13-30(14-4-1)33-28-40(31-15-5-2-6-16-31)47-41(29-33)45-26-25-44(49-45)32-23-24-43-39(27-32)46(38-21-11-12-22-42(38)48-43)36-19-9-7-17-34(36)35-18-8-10-20-37(35)46/h1-20,22-29,38H,21H2. The van der Waals surface area contributed by atoms with Gasteiger partial charge in [-0.25, -0.2) is 4.98 Å². The van der Waals surface area contributed by atoms with Crippen LogP contribution in [0.3, 0.4) is 0 Å². The van der Waals surface area contributed by atoms with Crippen molar-refractivity contribution >= 4 is 11.3 Å². The molecule has 10 rings (SSSR count). The average Bonchev–Trinajstić information content (AvgIpc) is 3.79. The Labute approximate surface area is 290 Å². The van der Waals surface area contributed by atoms with E-state index in [0.717, 1.165) is 45.3 Å². The van der Waals surface area contributed by atoms with Crippen LogP contribution in [0.4, 0.5) is 0 Å². The maximum absolute atomic E-state index is 6.73. The molecule has 2 aromatic heterocycles. The molecule has 232 valence electrons. The molecular formula is C46H31NOS. The second-order valence-electron chi connectivity index (χ2n) is 13.0. The highest BCUT2D eigenvalue weighted by Crippen LogP contribution is 2.63. The molecule has 7 aromatic rings. The summed E-state index contributed by atoms with van der Waals surface area (Å²) in [4.78, 5) is 7.57. The fraction of sp³-hybridized carbons (Fsp3) is 0.0652. The maximum Gasteiger partial charge on any atom is 0.131 e. The largest absolute Gasteiger partial charge is 0.461 e. The van der Waals surface area contributed by atoms with E-state index in [1.807, 2.05) is 0 Å². The Morgan fingerprint density at radius 2 is 1.20 bits per heavy atom. The van der Waals surface area contributed by atoms with Crippen LogP contribution in [0.25, 0.3) is 54.5 Å². The summed E-state index contributed by atoms with van der Waals surface area (Å²) in [7, 11) is 0. The van der Waals surface area contributed by atoms with Gasteiger partial charge in [0.15, 0.2) is 0 Å². The zero-order valence-corrected chi connectivity index (χ0v) is 27.5. The minimum absolute atomic E-state index is 0.172. The molecule has 1 aliphatic heterocycles. The Morgan fingerprint density at radius 1 is 0.551 bits per heavy atom. The number of hydrogen-bond acceptors (Lipinski definition) is 3. The number of hydrogen-bond donors (Lipinski definition) is 0. The molecule has 3 heteroatoms. The van der Waals surface area contributed by atoms with Crippen LogP contribution in [-0.2, 0) is 5.41 Å². The molecule has 0 saturated heterocycles. The summed E-state index contributed by atoms with van der Waals surface area (Å²) in [6.45, 7) is 0. The normalized spacial score (nSPS) is 16.2. The smallest absolute Gasteiger partial charge is 0.131 e. The molecule has 0 radical (unpaired) electrons. The number of nitrogens with zero attached hydrogens (tertiary/aromatic N) is 1. The summed E-state index contributed by atoms with van der Waals surface area (Å²) in [5.74, 6) is 2.16. The van der Waals surface area contributed by atoms with Crippen molar-refractivity contribution in [3.05, 3.63) is 192 Å². The Morgan fingerprint density at radius 3 is 1.96 bits per heavy atom. The van der Waals surface area contributed by atoms with Crippen LogP contribution in [0.2, 0.25) is 0 Å². The highest BCUT2D eigenvalue weighted by Gasteiger charge is 2.55. The van der Waals surface area contributed by atoms with Crippen molar-refractivity contribution < 1.29 is 4.74 Å². The third-order valence-corrected chi connectivity index (χ3v) is 11.6. The van der Waals surface area contributed by atoms with Crippen LogP contribution in [0.1, 0.15) is 23.1 Å². The summed E-state index contributed by atoms with van der Waals surface area (Å²) in [5, 5.41) is 0. The van der Waals surface area contributed by atoms with E-state index in [1.54, 1.807) is 11.3 Å². The fourth-order valence-electron chi connectivity index (χ4n) is 8.28. The molecule has 1 atom stereocenters. The molecule has 5 aromatic carbocycles. The monoisotopic (exact) mass is 645 g/mol. The first kappa shape index (κ1) is 28.3. The van der Waals surface area contributed by atoms with E-state index in [2.05, 4.69) is 170 Å². The van der Waals surface area contributed by atoms with E-state index in [0.29, 0.717) is 0 Å². The molecule has 0 bridgehead atoms. The van der Waals surface area contributed by atoms with E-state index in [-0.39, 0.29) is 11.3 Å². The number of allylic oxidation sites excluding steroid dienone is 4. The first-order chi connectivity index (χ1) is 24.3. The molecule has 3 aliphatic rings. The molecule has 3 heterocycles. The van der Waals surface area contributed by atoms with Crippen LogP contribution < -0.4 is 4.74 Å². The van der Waals surface area contributed by atoms with Gasteiger partial charge in [0.05, 0.1) is 21.7 Å². The number of benzene rings is 5. The number of aromatic nitrogens is 1. The highest BCUT2D eigenvalue weighted by atomic mass is 32.1. The van der Waals surface area contributed by atoms with Crippen molar-refractivity contribution in [3.63, 3.8) is 0 Å². The third kappa shape index (κ3) is 4.36. The summed E-state index contributed by atoms with van der Waals surface area (Å²) in [5.41, 5.74) is 12.9. The molecular weight excluding hydrogens is 615 g/mol. The molecule has 1 unspecified atom stereocenters. The zero-order chi connectivity index (χ0) is 32.4. The van der Waals surface area contributed by atoms with Gasteiger partial charge in [-0.15, -0.1) is 11.3 Å². The zero-order valence-electron chi connectivity index (χ0n) is 26.7. The van der Waals surface area contributed by atoms with Gasteiger partial charge in [0.1, 0.15) is 11.5 Å². The van der Waals surface area contributed by atoms with Gasteiger partial charge < -0.3 is 4.74 Å². The predicted molar refractivity (Wildman–Crippen MR) is 202 cm³/mol. The lowest BCUT2D eigenvalue weighted by Crippen LogP contribution is -2.42. The third-order valence-electron chi connectivity index (χ3n) is 10.4. The molecule has 49 heavy (non-hydrogen) atoms. The first-order valence-corrected chi connectivity index (χ1v) is 17.7. The van der Waals surface area contributed by atoms with E-state index >= 15 is 0 Å². The molecule has 2 aliphatic carbocycles. The summed E-state index contributed by atoms with van der Waals surface area (Å²) >= 11 is 1.80. The second-order valence-corrected chi connectivity index (χ2v) is 14.1. The average molecular weight is 646 g/mol. The lowest BCUT2D eigenvalue weighted by molar-refractivity contribution is 0.253. The SMILES string of the molecule is C1=CCC2C(=C1)Oc1ccc(-c3ccc(-c4cc(-c5ccccc5)cc(-c5ccccc5)n4)s3)cc1C21c2ccccc2-c2ccccc21. The fourth-order valence-corrected chi connectivity index (χ4v) is 9.24. The lowest BCUT2D eigenvalue weighted by atomic mass is 9.60. The maximum atomic E-state index is 6.73. The van der Waals surface area contributed by atoms with Crippen LogP contribution in [-0.4, -0.2) is 4.98 Å². The highest BCUT2D eigenvalue weighted by molar-refractivity contribution is 7.18. The molecule has 0 amide bonds. The Bertz CT molecular complexity index is 2350. The lowest BCUT2D eigenvalue weighted by Gasteiger charge is -2.46. The minimum atomic E-state index is -0.344. The van der Waals surface area contributed by atoms with Gasteiger partial charge in [-0.05, 0) is 93.9 Å². The number of rotatable bonds is 4. The van der Waals surface area contributed by atoms with Gasteiger partial charge in [0.2, 0.25) is 0 Å². The van der Waals surface area contributed by atoms with Crippen LogP contribution in [0.5, 0.6) is 5.75 Å². The molecule has 0 fully saturated rings. The van der Waals surface area contributed by atoms with E-state index in [4.69, 9.17) is 9.72 Å². The number of thiophene rings is 1. The Kier molecular flexibility index (Phi) is 6.43. The molecule has 0 N–H and O–H groups in total. The molecule has 0 saturated carbocycles. The van der Waals surface area contributed by atoms with Gasteiger partial charge >= 0.3 is 0 Å².